The van der Waals surface area contributed by atoms with Gasteiger partial charge in [0.1, 0.15) is 0 Å². The highest BCUT2D eigenvalue weighted by atomic mass is 35.5. The van der Waals surface area contributed by atoms with Gasteiger partial charge in [-0.15, -0.1) is 12.4 Å². The molecule has 0 aliphatic carbocycles. The van der Waals surface area contributed by atoms with Crippen LogP contribution in [0, 0.1) is 5.41 Å². The summed E-state index contributed by atoms with van der Waals surface area (Å²) in [4.78, 5) is 14.1. The van der Waals surface area contributed by atoms with Crippen molar-refractivity contribution >= 4 is 18.4 Å². The van der Waals surface area contributed by atoms with Crippen molar-refractivity contribution in [3.8, 4) is 0 Å². The fraction of sp³-hybridized carbons (Fsp3) is 0.533. The maximum atomic E-state index is 12.2. The Bertz CT molecular complexity index is 446. The van der Waals surface area contributed by atoms with Gasteiger partial charge in [-0.2, -0.15) is 0 Å². The van der Waals surface area contributed by atoms with E-state index in [9.17, 15) is 4.79 Å². The van der Waals surface area contributed by atoms with Crippen LogP contribution in [0.15, 0.2) is 30.3 Å². The Kier molecular flexibility index (Phi) is 4.89. The summed E-state index contributed by atoms with van der Waals surface area (Å²) in [6.07, 6.45) is 2.34. The number of benzene rings is 1. The molecule has 110 valence electrons. The summed E-state index contributed by atoms with van der Waals surface area (Å²) in [6, 6.07) is 10.1. The molecule has 5 heteroatoms. The molecule has 0 saturated carbocycles. The first kappa shape index (κ1) is 15.1. The normalized spacial score (nSPS) is 24.7. The molecule has 2 aliphatic heterocycles. The summed E-state index contributed by atoms with van der Waals surface area (Å²) >= 11 is 0. The Morgan fingerprint density at radius 1 is 1.30 bits per heavy atom. The van der Waals surface area contributed by atoms with Crippen LogP contribution in [-0.2, 0) is 6.54 Å². The summed E-state index contributed by atoms with van der Waals surface area (Å²) in [5.41, 5.74) is 1.50. The molecule has 0 aromatic heterocycles. The maximum absolute atomic E-state index is 12.2. The van der Waals surface area contributed by atoms with Gasteiger partial charge >= 0.3 is 6.03 Å². The second-order valence-electron chi connectivity index (χ2n) is 5.74. The number of nitrogens with one attached hydrogen (secondary N) is 2. The standard InChI is InChI=1S/C15H21N3O.ClH/c19-14(17-10-13-4-2-1-3-5-13)18-9-7-15(12-18)6-8-16-11-15;/h1-5,16H,6-12H2,(H,17,19);1H. The minimum atomic E-state index is 0. The van der Waals surface area contributed by atoms with Crippen LogP contribution in [0.3, 0.4) is 0 Å². The molecule has 0 bridgehead atoms. The predicted molar refractivity (Wildman–Crippen MR) is 82.0 cm³/mol. The van der Waals surface area contributed by atoms with Crippen LogP contribution in [0.25, 0.3) is 0 Å². The summed E-state index contributed by atoms with van der Waals surface area (Å²) in [5.74, 6) is 0. The first-order valence-electron chi connectivity index (χ1n) is 7.05. The van der Waals surface area contributed by atoms with Gasteiger partial charge < -0.3 is 15.5 Å². The first-order chi connectivity index (χ1) is 9.27. The molecule has 4 nitrogen and oxygen atoms in total. The zero-order valence-electron chi connectivity index (χ0n) is 11.6. The van der Waals surface area contributed by atoms with Crippen LogP contribution in [0.1, 0.15) is 18.4 Å². The van der Waals surface area contributed by atoms with Crippen molar-refractivity contribution in [1.82, 2.24) is 15.5 Å². The molecule has 2 amide bonds. The molecule has 20 heavy (non-hydrogen) atoms. The molecule has 3 rings (SSSR count). The third kappa shape index (κ3) is 3.25. The van der Waals surface area contributed by atoms with Gasteiger partial charge in [-0.1, -0.05) is 30.3 Å². The monoisotopic (exact) mass is 295 g/mol. The number of likely N-dealkylation sites (tertiary alicyclic amines) is 1. The van der Waals surface area contributed by atoms with Crippen molar-refractivity contribution in [3.63, 3.8) is 0 Å². The van der Waals surface area contributed by atoms with Gasteiger partial charge in [0.25, 0.3) is 0 Å². The van der Waals surface area contributed by atoms with Crippen LogP contribution < -0.4 is 10.6 Å². The lowest BCUT2D eigenvalue weighted by molar-refractivity contribution is 0.201. The van der Waals surface area contributed by atoms with Crippen molar-refractivity contribution in [3.05, 3.63) is 35.9 Å². The number of halogens is 1. The second-order valence-corrected chi connectivity index (χ2v) is 5.74. The smallest absolute Gasteiger partial charge is 0.317 e. The van der Waals surface area contributed by atoms with Crippen molar-refractivity contribution in [2.75, 3.05) is 26.2 Å². The molecule has 0 radical (unpaired) electrons. The highest BCUT2D eigenvalue weighted by molar-refractivity contribution is 5.85. The topological polar surface area (TPSA) is 44.4 Å². The summed E-state index contributed by atoms with van der Waals surface area (Å²) < 4.78 is 0. The fourth-order valence-corrected chi connectivity index (χ4v) is 3.14. The van der Waals surface area contributed by atoms with Crippen LogP contribution in [0.2, 0.25) is 0 Å². The van der Waals surface area contributed by atoms with Gasteiger partial charge in [-0.3, -0.25) is 0 Å². The Labute approximate surface area is 126 Å². The fourth-order valence-electron chi connectivity index (χ4n) is 3.14. The van der Waals surface area contributed by atoms with Crippen molar-refractivity contribution in [1.29, 1.82) is 0 Å². The number of hydrogen-bond acceptors (Lipinski definition) is 2. The highest BCUT2D eigenvalue weighted by Crippen LogP contribution is 2.35. The van der Waals surface area contributed by atoms with Gasteiger partial charge in [-0.25, -0.2) is 4.79 Å². The van der Waals surface area contributed by atoms with E-state index in [4.69, 9.17) is 0 Å². The van der Waals surface area contributed by atoms with Crippen molar-refractivity contribution < 1.29 is 4.79 Å². The number of hydrogen-bond donors (Lipinski definition) is 2. The zero-order chi connectivity index (χ0) is 13.1. The SMILES string of the molecule is Cl.O=C(NCc1ccccc1)N1CCC2(CCNC2)C1. The van der Waals surface area contributed by atoms with E-state index in [-0.39, 0.29) is 18.4 Å². The molecule has 2 heterocycles. The molecule has 2 N–H and O–H groups in total. The first-order valence-corrected chi connectivity index (χ1v) is 7.05. The van der Waals surface area contributed by atoms with E-state index in [2.05, 4.69) is 10.6 Å². The Balaban J connectivity index is 0.00000147. The Morgan fingerprint density at radius 2 is 2.10 bits per heavy atom. The summed E-state index contributed by atoms with van der Waals surface area (Å²) in [5, 5.41) is 6.43. The van der Waals surface area contributed by atoms with Gasteiger partial charge in [0.05, 0.1) is 0 Å². The minimum absolute atomic E-state index is 0. The van der Waals surface area contributed by atoms with Crippen LogP contribution in [-0.4, -0.2) is 37.1 Å². The quantitative estimate of drug-likeness (QED) is 0.876. The van der Waals surface area contributed by atoms with E-state index in [0.717, 1.165) is 38.2 Å². The lowest BCUT2D eigenvalue weighted by Crippen LogP contribution is -2.39. The number of rotatable bonds is 2. The van der Waals surface area contributed by atoms with E-state index in [1.165, 1.54) is 6.42 Å². The molecule has 1 aromatic carbocycles. The molecule has 2 fully saturated rings. The number of carbonyl (C=O) groups is 1. The molecule has 1 spiro atoms. The van der Waals surface area contributed by atoms with Gasteiger partial charge in [0.2, 0.25) is 0 Å². The number of nitrogens with zero attached hydrogens (tertiary/aromatic N) is 1. The number of amides is 2. The van der Waals surface area contributed by atoms with E-state index in [1.54, 1.807) is 0 Å². The van der Waals surface area contributed by atoms with Crippen molar-refractivity contribution in [2.45, 2.75) is 19.4 Å². The highest BCUT2D eigenvalue weighted by Gasteiger charge is 2.41. The third-order valence-electron chi connectivity index (χ3n) is 4.34. The number of carbonyl (C=O) groups excluding carboxylic acids is 1. The summed E-state index contributed by atoms with van der Waals surface area (Å²) in [6.45, 7) is 4.57. The van der Waals surface area contributed by atoms with E-state index in [0.29, 0.717) is 12.0 Å². The average molecular weight is 296 g/mol. The molecule has 1 unspecified atom stereocenters. The third-order valence-corrected chi connectivity index (χ3v) is 4.34. The zero-order valence-corrected chi connectivity index (χ0v) is 12.4. The number of urea groups is 1. The Hall–Kier alpha value is -1.26. The van der Waals surface area contributed by atoms with E-state index in [1.807, 2.05) is 35.2 Å². The molecule has 1 aromatic rings. The minimum Gasteiger partial charge on any atom is -0.334 e. The average Bonchev–Trinajstić information content (AvgIpc) is 3.08. The maximum Gasteiger partial charge on any atom is 0.317 e. The lowest BCUT2D eigenvalue weighted by Gasteiger charge is -2.23. The van der Waals surface area contributed by atoms with Crippen LogP contribution >= 0.6 is 12.4 Å². The molecule has 2 saturated heterocycles. The van der Waals surface area contributed by atoms with Gasteiger partial charge in [0.15, 0.2) is 0 Å². The largest absolute Gasteiger partial charge is 0.334 e. The van der Waals surface area contributed by atoms with Crippen LogP contribution in [0.4, 0.5) is 4.79 Å². The Morgan fingerprint density at radius 3 is 2.80 bits per heavy atom. The molecule has 1 atom stereocenters. The van der Waals surface area contributed by atoms with Gasteiger partial charge in [0, 0.05) is 31.6 Å². The molecular weight excluding hydrogens is 274 g/mol. The summed E-state index contributed by atoms with van der Waals surface area (Å²) in [7, 11) is 0. The van der Waals surface area contributed by atoms with Gasteiger partial charge in [-0.05, 0) is 24.9 Å². The predicted octanol–water partition coefficient (Wildman–Crippen LogP) is 2.00. The molecular formula is C15H22ClN3O. The van der Waals surface area contributed by atoms with Crippen molar-refractivity contribution in [2.24, 2.45) is 5.41 Å². The van der Waals surface area contributed by atoms with E-state index >= 15 is 0 Å². The van der Waals surface area contributed by atoms with Crippen LogP contribution in [0.5, 0.6) is 0 Å². The van der Waals surface area contributed by atoms with E-state index < -0.39 is 0 Å². The molecule has 2 aliphatic rings. The lowest BCUT2D eigenvalue weighted by atomic mass is 9.87. The second kappa shape index (κ2) is 6.46.